The molecule has 0 bridgehead atoms. The molecule has 174 valence electrons. The molecular formula is C22H17Cl2F3N2O3S. The number of halogens is 5. The van der Waals surface area contributed by atoms with Crippen LogP contribution in [-0.4, -0.2) is 25.2 Å². The summed E-state index contributed by atoms with van der Waals surface area (Å²) in [5, 5.41) is 2.49. The molecule has 3 aromatic rings. The van der Waals surface area contributed by atoms with Gasteiger partial charge >= 0.3 is 6.18 Å². The Kier molecular flexibility index (Phi) is 7.69. The summed E-state index contributed by atoms with van der Waals surface area (Å²) in [4.78, 5) is 12.4. The molecule has 0 aromatic heterocycles. The van der Waals surface area contributed by atoms with Crippen LogP contribution < -0.4 is 5.32 Å². The van der Waals surface area contributed by atoms with E-state index in [1.807, 2.05) is 0 Å². The van der Waals surface area contributed by atoms with Gasteiger partial charge in [0.05, 0.1) is 17.1 Å². The van der Waals surface area contributed by atoms with Gasteiger partial charge in [0.1, 0.15) is 4.90 Å². The van der Waals surface area contributed by atoms with Crippen LogP contribution >= 0.6 is 23.2 Å². The first-order chi connectivity index (χ1) is 15.5. The number of carbonyl (C=O) groups excluding carboxylic acids is 1. The summed E-state index contributed by atoms with van der Waals surface area (Å²) in [5.74, 6) is -0.743. The highest BCUT2D eigenvalue weighted by Gasteiger charge is 2.31. The molecule has 0 spiro atoms. The van der Waals surface area contributed by atoms with Crippen LogP contribution in [0.15, 0.2) is 77.7 Å². The lowest BCUT2D eigenvalue weighted by Gasteiger charge is -2.23. The predicted octanol–water partition coefficient (Wildman–Crippen LogP) is 5.84. The van der Waals surface area contributed by atoms with Crippen molar-refractivity contribution in [3.05, 3.63) is 94.0 Å². The molecule has 5 nitrogen and oxygen atoms in total. The number of amides is 1. The average molecular weight is 517 g/mol. The summed E-state index contributed by atoms with van der Waals surface area (Å²) in [7, 11) is -4.26. The van der Waals surface area contributed by atoms with Crippen molar-refractivity contribution in [2.45, 2.75) is 17.6 Å². The normalized spacial score (nSPS) is 12.1. The van der Waals surface area contributed by atoms with E-state index in [1.165, 1.54) is 18.2 Å². The number of anilines is 1. The van der Waals surface area contributed by atoms with E-state index >= 15 is 0 Å². The average Bonchev–Trinajstić information content (AvgIpc) is 2.75. The Balaban J connectivity index is 1.87. The highest BCUT2D eigenvalue weighted by Crippen LogP contribution is 2.30. The van der Waals surface area contributed by atoms with Gasteiger partial charge in [0.25, 0.3) is 0 Å². The van der Waals surface area contributed by atoms with Crippen molar-refractivity contribution in [3.63, 3.8) is 0 Å². The minimum Gasteiger partial charge on any atom is -0.325 e. The third-order valence-electron chi connectivity index (χ3n) is 4.53. The maximum absolute atomic E-state index is 13.3. The Morgan fingerprint density at radius 3 is 2.18 bits per heavy atom. The Morgan fingerprint density at radius 1 is 0.939 bits per heavy atom. The first kappa shape index (κ1) is 25.0. The Bertz CT molecular complexity index is 1240. The number of hydrogen-bond donors (Lipinski definition) is 1. The lowest BCUT2D eigenvalue weighted by atomic mass is 10.2. The molecule has 0 radical (unpaired) electrons. The van der Waals surface area contributed by atoms with E-state index in [0.717, 1.165) is 28.6 Å². The second kappa shape index (κ2) is 10.1. The summed E-state index contributed by atoms with van der Waals surface area (Å²) in [6.45, 7) is -0.756. The molecule has 0 atom stereocenters. The number of nitrogens with zero attached hydrogens (tertiary/aromatic N) is 1. The second-order valence-electron chi connectivity index (χ2n) is 6.96. The van der Waals surface area contributed by atoms with Crippen LogP contribution in [0.2, 0.25) is 10.0 Å². The third-order valence-corrected chi connectivity index (χ3v) is 7.04. The standard InChI is InChI=1S/C22H17Cl2F3N2O3S/c23-17-8-11-19(24)20(12-17)33(31,32)29(13-15-4-2-1-3-5-15)14-21(30)28-18-9-6-16(7-10-18)22(25,26)27/h1-12H,13-14H2,(H,28,30). The summed E-state index contributed by atoms with van der Waals surface area (Å²) in [5.41, 5.74) is -0.170. The minimum absolute atomic E-state index is 0.0689. The molecule has 0 heterocycles. The lowest BCUT2D eigenvalue weighted by molar-refractivity contribution is -0.137. The number of benzene rings is 3. The van der Waals surface area contributed by atoms with Crippen molar-refractivity contribution >= 4 is 44.8 Å². The summed E-state index contributed by atoms with van der Waals surface area (Å²) in [6, 6.07) is 16.3. The maximum Gasteiger partial charge on any atom is 0.416 e. The molecule has 11 heteroatoms. The highest BCUT2D eigenvalue weighted by atomic mass is 35.5. The molecule has 33 heavy (non-hydrogen) atoms. The van der Waals surface area contributed by atoms with Gasteiger partial charge in [0.2, 0.25) is 15.9 Å². The van der Waals surface area contributed by atoms with Gasteiger partial charge in [-0.05, 0) is 48.0 Å². The minimum atomic E-state index is -4.51. The van der Waals surface area contributed by atoms with Crippen molar-refractivity contribution < 1.29 is 26.4 Å². The number of sulfonamides is 1. The predicted molar refractivity (Wildman–Crippen MR) is 121 cm³/mol. The number of hydrogen-bond acceptors (Lipinski definition) is 3. The molecule has 1 N–H and O–H groups in total. The Morgan fingerprint density at radius 2 is 1.58 bits per heavy atom. The molecule has 0 saturated heterocycles. The van der Waals surface area contributed by atoms with Gasteiger partial charge < -0.3 is 5.32 Å². The number of alkyl halides is 3. The molecule has 3 rings (SSSR count). The first-order valence-electron chi connectivity index (χ1n) is 9.43. The van der Waals surface area contributed by atoms with Crippen molar-refractivity contribution in [1.29, 1.82) is 0 Å². The molecule has 0 aliphatic heterocycles. The van der Waals surface area contributed by atoms with Gasteiger partial charge in [0.15, 0.2) is 0 Å². The van der Waals surface area contributed by atoms with Gasteiger partial charge in [-0.25, -0.2) is 8.42 Å². The molecule has 0 saturated carbocycles. The maximum atomic E-state index is 13.3. The van der Waals surface area contributed by atoms with E-state index in [2.05, 4.69) is 5.32 Å². The number of rotatable bonds is 7. The molecular weight excluding hydrogens is 500 g/mol. The zero-order valence-electron chi connectivity index (χ0n) is 16.8. The van der Waals surface area contributed by atoms with E-state index in [0.29, 0.717) is 5.56 Å². The largest absolute Gasteiger partial charge is 0.416 e. The van der Waals surface area contributed by atoms with Crippen LogP contribution in [0.4, 0.5) is 18.9 Å². The molecule has 0 aliphatic rings. The van der Waals surface area contributed by atoms with E-state index in [4.69, 9.17) is 23.2 Å². The van der Waals surface area contributed by atoms with Crippen LogP contribution in [0.1, 0.15) is 11.1 Å². The van der Waals surface area contributed by atoms with Gasteiger partial charge in [-0.15, -0.1) is 0 Å². The SMILES string of the molecule is O=C(CN(Cc1ccccc1)S(=O)(=O)c1cc(Cl)ccc1Cl)Nc1ccc(C(F)(F)F)cc1. The summed E-state index contributed by atoms with van der Waals surface area (Å²) < 4.78 is 65.8. The molecule has 0 unspecified atom stereocenters. The first-order valence-corrected chi connectivity index (χ1v) is 11.6. The molecule has 0 fully saturated rings. The van der Waals surface area contributed by atoms with Crippen LogP contribution in [-0.2, 0) is 27.5 Å². The Labute approximate surface area is 198 Å². The quantitative estimate of drug-likeness (QED) is 0.428. The summed E-state index contributed by atoms with van der Waals surface area (Å²) >= 11 is 12.0. The van der Waals surface area contributed by atoms with Crippen molar-refractivity contribution in [2.75, 3.05) is 11.9 Å². The van der Waals surface area contributed by atoms with Crippen molar-refractivity contribution in [3.8, 4) is 0 Å². The number of carbonyl (C=O) groups is 1. The second-order valence-corrected chi connectivity index (χ2v) is 9.71. The smallest absolute Gasteiger partial charge is 0.325 e. The van der Waals surface area contributed by atoms with E-state index < -0.39 is 34.2 Å². The summed E-state index contributed by atoms with van der Waals surface area (Å²) in [6.07, 6.45) is -4.51. The number of nitrogens with one attached hydrogen (secondary N) is 1. The fourth-order valence-electron chi connectivity index (χ4n) is 2.93. The van der Waals surface area contributed by atoms with Crippen LogP contribution in [0, 0.1) is 0 Å². The Hall–Kier alpha value is -2.59. The highest BCUT2D eigenvalue weighted by molar-refractivity contribution is 7.89. The van der Waals surface area contributed by atoms with Crippen molar-refractivity contribution in [2.24, 2.45) is 0 Å². The monoisotopic (exact) mass is 516 g/mol. The van der Waals surface area contributed by atoms with Gasteiger partial charge in [-0.1, -0.05) is 53.5 Å². The van der Waals surface area contributed by atoms with Crippen LogP contribution in [0.25, 0.3) is 0 Å². The topological polar surface area (TPSA) is 66.5 Å². The van der Waals surface area contributed by atoms with Gasteiger partial charge in [-0.2, -0.15) is 17.5 Å². The van der Waals surface area contributed by atoms with Gasteiger partial charge in [-0.3, -0.25) is 4.79 Å². The van der Waals surface area contributed by atoms with Gasteiger partial charge in [0, 0.05) is 17.3 Å². The lowest BCUT2D eigenvalue weighted by Crippen LogP contribution is -2.37. The fourth-order valence-corrected chi connectivity index (χ4v) is 5.05. The molecule has 1 amide bonds. The van der Waals surface area contributed by atoms with Crippen LogP contribution in [0.5, 0.6) is 0 Å². The van der Waals surface area contributed by atoms with Crippen LogP contribution in [0.3, 0.4) is 0 Å². The van der Waals surface area contributed by atoms with Crippen molar-refractivity contribution in [1.82, 2.24) is 4.31 Å². The molecule has 3 aromatic carbocycles. The zero-order chi connectivity index (χ0) is 24.2. The van der Waals surface area contributed by atoms with E-state index in [9.17, 15) is 26.4 Å². The third kappa shape index (κ3) is 6.48. The zero-order valence-corrected chi connectivity index (χ0v) is 19.1. The van der Waals surface area contributed by atoms with E-state index in [-0.39, 0.29) is 27.2 Å². The fraction of sp³-hybridized carbons (Fsp3) is 0.136. The molecule has 0 aliphatic carbocycles. The van der Waals surface area contributed by atoms with E-state index in [1.54, 1.807) is 30.3 Å².